The van der Waals surface area contributed by atoms with Crippen molar-refractivity contribution >= 4 is 17.5 Å². The van der Waals surface area contributed by atoms with Crippen LogP contribution >= 0.6 is 0 Å². The number of amides is 1. The smallest absolute Gasteiger partial charge is 0.330 e. The van der Waals surface area contributed by atoms with Gasteiger partial charge in [-0.25, -0.2) is 0 Å². The van der Waals surface area contributed by atoms with E-state index in [1.165, 1.54) is 6.92 Å². The first-order valence-corrected chi connectivity index (χ1v) is 6.27. The first-order chi connectivity index (χ1) is 10.1. The molecule has 110 valence electrons. The minimum atomic E-state index is -0.212. The number of nitrogens with two attached hydrogens (primary N) is 1. The van der Waals surface area contributed by atoms with Crippen LogP contribution in [0.25, 0.3) is 0 Å². The van der Waals surface area contributed by atoms with Crippen LogP contribution in [0.3, 0.4) is 0 Å². The number of aromatic nitrogens is 3. The monoisotopic (exact) mass is 289 g/mol. The molecular formula is C13H15N5O3. The number of anilines is 2. The summed E-state index contributed by atoms with van der Waals surface area (Å²) in [6.45, 7) is 3.60. The molecule has 0 unspecified atom stereocenters. The number of para-hydroxylation sites is 2. The summed E-state index contributed by atoms with van der Waals surface area (Å²) in [5.41, 5.74) is 6.07. The first kappa shape index (κ1) is 14.5. The lowest BCUT2D eigenvalue weighted by molar-refractivity contribution is -0.114. The fraction of sp³-hybridized carbons (Fsp3) is 0.231. The lowest BCUT2D eigenvalue weighted by atomic mass is 10.3. The van der Waals surface area contributed by atoms with E-state index >= 15 is 0 Å². The van der Waals surface area contributed by atoms with Crippen molar-refractivity contribution in [1.29, 1.82) is 0 Å². The highest BCUT2D eigenvalue weighted by Crippen LogP contribution is 2.28. The number of hydrogen-bond acceptors (Lipinski definition) is 7. The third-order valence-electron chi connectivity index (χ3n) is 2.28. The highest BCUT2D eigenvalue weighted by atomic mass is 16.5. The van der Waals surface area contributed by atoms with E-state index in [1.807, 2.05) is 0 Å². The van der Waals surface area contributed by atoms with Gasteiger partial charge in [-0.3, -0.25) is 4.79 Å². The van der Waals surface area contributed by atoms with E-state index in [-0.39, 0.29) is 23.9 Å². The lowest BCUT2D eigenvalue weighted by Crippen LogP contribution is -2.08. The summed E-state index contributed by atoms with van der Waals surface area (Å²) in [7, 11) is 0. The molecule has 3 N–H and O–H groups in total. The van der Waals surface area contributed by atoms with Crippen molar-refractivity contribution in [2.24, 2.45) is 0 Å². The van der Waals surface area contributed by atoms with Crippen LogP contribution in [0, 0.1) is 0 Å². The third kappa shape index (κ3) is 4.03. The van der Waals surface area contributed by atoms with Crippen LogP contribution in [0.15, 0.2) is 24.3 Å². The summed E-state index contributed by atoms with van der Waals surface area (Å²) in [5, 5.41) is 2.65. The summed E-state index contributed by atoms with van der Waals surface area (Å²) in [4.78, 5) is 22.8. The van der Waals surface area contributed by atoms with Crippen LogP contribution in [-0.2, 0) is 4.79 Å². The molecule has 2 rings (SSSR count). The average molecular weight is 289 g/mol. The molecule has 0 fully saturated rings. The maximum absolute atomic E-state index is 11.2. The molecule has 0 aliphatic carbocycles. The molecule has 0 aliphatic heterocycles. The fourth-order valence-corrected chi connectivity index (χ4v) is 1.54. The third-order valence-corrected chi connectivity index (χ3v) is 2.28. The van der Waals surface area contributed by atoms with Crippen LogP contribution < -0.4 is 20.5 Å². The summed E-state index contributed by atoms with van der Waals surface area (Å²) < 4.78 is 10.7. The number of hydrogen-bond donors (Lipinski definition) is 2. The van der Waals surface area contributed by atoms with Crippen molar-refractivity contribution in [1.82, 2.24) is 15.0 Å². The molecule has 1 amide bonds. The Balaban J connectivity index is 2.27. The first-order valence-electron chi connectivity index (χ1n) is 6.27. The average Bonchev–Trinajstić information content (AvgIpc) is 2.40. The second-order valence-electron chi connectivity index (χ2n) is 3.97. The topological polar surface area (TPSA) is 112 Å². The van der Waals surface area contributed by atoms with Gasteiger partial charge in [0.25, 0.3) is 0 Å². The normalized spacial score (nSPS) is 10.0. The van der Waals surface area contributed by atoms with Gasteiger partial charge in [-0.2, -0.15) is 9.97 Å². The predicted molar refractivity (Wildman–Crippen MR) is 76.2 cm³/mol. The van der Waals surface area contributed by atoms with E-state index in [1.54, 1.807) is 31.2 Å². The van der Waals surface area contributed by atoms with Gasteiger partial charge >= 0.3 is 12.0 Å². The molecule has 0 bridgehead atoms. The maximum Gasteiger partial charge on any atom is 0.330 e. The fourth-order valence-electron chi connectivity index (χ4n) is 1.54. The van der Waals surface area contributed by atoms with E-state index in [9.17, 15) is 4.79 Å². The SMILES string of the molecule is CCOc1nc(N)nc(Oc2ccccc2NC(C)=O)n1. The van der Waals surface area contributed by atoms with E-state index in [0.29, 0.717) is 18.0 Å². The lowest BCUT2D eigenvalue weighted by Gasteiger charge is -2.10. The van der Waals surface area contributed by atoms with Gasteiger partial charge in [-0.1, -0.05) is 12.1 Å². The molecular weight excluding hydrogens is 274 g/mol. The Kier molecular flexibility index (Phi) is 4.50. The molecule has 0 atom stereocenters. The van der Waals surface area contributed by atoms with Gasteiger partial charge in [0.1, 0.15) is 0 Å². The summed E-state index contributed by atoms with van der Waals surface area (Å²) in [6.07, 6.45) is 0. The van der Waals surface area contributed by atoms with Crippen LogP contribution in [0.4, 0.5) is 11.6 Å². The Labute approximate surface area is 121 Å². The Hall–Kier alpha value is -2.90. The molecule has 0 spiro atoms. The number of rotatable bonds is 5. The maximum atomic E-state index is 11.2. The highest BCUT2D eigenvalue weighted by Gasteiger charge is 2.10. The second-order valence-corrected chi connectivity index (χ2v) is 3.97. The number of nitrogen functional groups attached to an aromatic ring is 1. The number of benzene rings is 1. The van der Waals surface area contributed by atoms with Gasteiger partial charge < -0.3 is 20.5 Å². The van der Waals surface area contributed by atoms with Crippen LogP contribution in [0.1, 0.15) is 13.8 Å². The van der Waals surface area contributed by atoms with Crippen molar-refractivity contribution in [2.45, 2.75) is 13.8 Å². The van der Waals surface area contributed by atoms with E-state index in [4.69, 9.17) is 15.2 Å². The Morgan fingerprint density at radius 2 is 1.95 bits per heavy atom. The van der Waals surface area contributed by atoms with Crippen LogP contribution in [0.2, 0.25) is 0 Å². The molecule has 0 saturated heterocycles. The molecule has 21 heavy (non-hydrogen) atoms. The summed E-state index contributed by atoms with van der Waals surface area (Å²) in [5.74, 6) is 0.164. The largest absolute Gasteiger partial charge is 0.464 e. The van der Waals surface area contributed by atoms with Crippen LogP contribution in [-0.4, -0.2) is 27.5 Å². The van der Waals surface area contributed by atoms with E-state index in [0.717, 1.165) is 0 Å². The molecule has 0 aliphatic rings. The number of carbonyl (C=O) groups is 1. The highest BCUT2D eigenvalue weighted by molar-refractivity contribution is 5.90. The van der Waals surface area contributed by atoms with Crippen molar-refractivity contribution in [3.05, 3.63) is 24.3 Å². The zero-order chi connectivity index (χ0) is 15.2. The zero-order valence-corrected chi connectivity index (χ0v) is 11.7. The minimum Gasteiger partial charge on any atom is -0.464 e. The zero-order valence-electron chi connectivity index (χ0n) is 11.7. The quantitative estimate of drug-likeness (QED) is 0.859. The number of carbonyl (C=O) groups excluding carboxylic acids is 1. The minimum absolute atomic E-state index is 0.0104. The van der Waals surface area contributed by atoms with Gasteiger partial charge in [0, 0.05) is 6.92 Å². The summed E-state index contributed by atoms with van der Waals surface area (Å²) in [6, 6.07) is 6.97. The van der Waals surface area contributed by atoms with E-state index in [2.05, 4.69) is 20.3 Å². The molecule has 2 aromatic rings. The van der Waals surface area contributed by atoms with E-state index < -0.39 is 0 Å². The molecule has 0 radical (unpaired) electrons. The Bertz CT molecular complexity index is 647. The molecule has 1 aromatic carbocycles. The van der Waals surface area contributed by atoms with Gasteiger partial charge in [0.15, 0.2) is 5.75 Å². The Morgan fingerprint density at radius 1 is 1.24 bits per heavy atom. The van der Waals surface area contributed by atoms with Crippen molar-refractivity contribution < 1.29 is 14.3 Å². The predicted octanol–water partition coefficient (Wildman–Crippen LogP) is 1.60. The van der Waals surface area contributed by atoms with Crippen molar-refractivity contribution in [3.8, 4) is 17.8 Å². The molecule has 1 aromatic heterocycles. The van der Waals surface area contributed by atoms with Gasteiger partial charge in [-0.05, 0) is 19.1 Å². The Morgan fingerprint density at radius 3 is 2.67 bits per heavy atom. The second kappa shape index (κ2) is 6.51. The molecule has 8 nitrogen and oxygen atoms in total. The van der Waals surface area contributed by atoms with Gasteiger partial charge in [0.05, 0.1) is 12.3 Å². The van der Waals surface area contributed by atoms with Crippen molar-refractivity contribution in [3.63, 3.8) is 0 Å². The summed E-state index contributed by atoms with van der Waals surface area (Å²) >= 11 is 0. The van der Waals surface area contributed by atoms with Crippen LogP contribution in [0.5, 0.6) is 17.8 Å². The number of nitrogens with one attached hydrogen (secondary N) is 1. The molecule has 0 saturated carbocycles. The molecule has 8 heteroatoms. The number of nitrogens with zero attached hydrogens (tertiary/aromatic N) is 3. The molecule has 1 heterocycles. The standard InChI is InChI=1S/C13H15N5O3/c1-3-20-12-16-11(14)17-13(18-12)21-10-7-5-4-6-9(10)15-8(2)19/h4-7H,3H2,1-2H3,(H,15,19)(H2,14,16,17,18). The number of ether oxygens (including phenoxy) is 2. The van der Waals surface area contributed by atoms with Gasteiger partial charge in [0.2, 0.25) is 11.9 Å². The van der Waals surface area contributed by atoms with Crippen molar-refractivity contribution in [2.75, 3.05) is 17.7 Å². The van der Waals surface area contributed by atoms with Gasteiger partial charge in [-0.15, -0.1) is 4.98 Å².